The van der Waals surface area contributed by atoms with E-state index in [1.54, 1.807) is 6.08 Å². The van der Waals surface area contributed by atoms with E-state index in [2.05, 4.69) is 19.1 Å². The van der Waals surface area contributed by atoms with Gasteiger partial charge in [-0.1, -0.05) is 48.9 Å². The van der Waals surface area contributed by atoms with Crippen molar-refractivity contribution in [3.05, 3.63) is 70.3 Å². The second-order valence-electron chi connectivity index (χ2n) is 11.8. The largest absolute Gasteiger partial charge is 0.392 e. The quantitative estimate of drug-likeness (QED) is 0.441. The molecule has 6 rings (SSSR count). The number of allylic oxidation sites excluding steroid dienone is 4. The zero-order valence-corrected chi connectivity index (χ0v) is 20.6. The van der Waals surface area contributed by atoms with E-state index in [-0.39, 0.29) is 35.4 Å². The Kier molecular flexibility index (Phi) is 5.54. The third-order valence-electron chi connectivity index (χ3n) is 9.99. The van der Waals surface area contributed by atoms with Crippen LogP contribution in [-0.4, -0.2) is 34.0 Å². The second kappa shape index (κ2) is 8.38. The summed E-state index contributed by atoms with van der Waals surface area (Å²) in [5.74, 6) is 1.65. The molecule has 0 heterocycles. The van der Waals surface area contributed by atoms with Crippen LogP contribution in [0.5, 0.6) is 0 Å². The lowest BCUT2D eigenvalue weighted by Gasteiger charge is -2.54. The fraction of sp³-hybridized carbons (Fsp3) is 0.548. The van der Waals surface area contributed by atoms with Crippen LogP contribution in [0.4, 0.5) is 0 Å². The molecule has 0 aliphatic heterocycles. The predicted molar refractivity (Wildman–Crippen MR) is 135 cm³/mol. The molecule has 0 bridgehead atoms. The molecule has 0 amide bonds. The highest BCUT2D eigenvalue weighted by atomic mass is 16.3. The fourth-order valence-corrected chi connectivity index (χ4v) is 7.98. The minimum Gasteiger partial charge on any atom is -0.392 e. The van der Waals surface area contributed by atoms with Gasteiger partial charge in [-0.25, -0.2) is 0 Å². The van der Waals surface area contributed by atoms with Crippen molar-refractivity contribution < 1.29 is 19.8 Å². The second-order valence-corrected chi connectivity index (χ2v) is 11.8. The van der Waals surface area contributed by atoms with Crippen LogP contribution in [-0.2, 0) is 4.79 Å². The highest BCUT2D eigenvalue weighted by molar-refractivity contribution is 5.99. The molecule has 0 saturated heterocycles. The van der Waals surface area contributed by atoms with Crippen LogP contribution in [0.2, 0.25) is 0 Å². The molecular weight excluding hydrogens is 436 g/mol. The van der Waals surface area contributed by atoms with Crippen LogP contribution < -0.4 is 0 Å². The third kappa shape index (κ3) is 3.64. The lowest BCUT2D eigenvalue weighted by molar-refractivity contribution is -0.114. The number of aliphatic hydroxyl groups excluding tert-OH is 1. The van der Waals surface area contributed by atoms with E-state index in [0.717, 1.165) is 50.5 Å². The topological polar surface area (TPSA) is 74.6 Å². The molecule has 5 aliphatic carbocycles. The van der Waals surface area contributed by atoms with Crippen molar-refractivity contribution in [2.24, 2.45) is 23.2 Å². The zero-order chi connectivity index (χ0) is 24.4. The van der Waals surface area contributed by atoms with Gasteiger partial charge in [-0.15, -0.1) is 0 Å². The molecule has 3 saturated carbocycles. The van der Waals surface area contributed by atoms with Crippen LogP contribution >= 0.6 is 0 Å². The van der Waals surface area contributed by atoms with Crippen LogP contribution in [0.3, 0.4) is 0 Å². The summed E-state index contributed by atoms with van der Waals surface area (Å²) in [6.07, 6.45) is 13.3. The monoisotopic (exact) mass is 472 g/mol. The highest BCUT2D eigenvalue weighted by Crippen LogP contribution is 2.67. The van der Waals surface area contributed by atoms with E-state index in [0.29, 0.717) is 24.7 Å². The molecule has 35 heavy (non-hydrogen) atoms. The first kappa shape index (κ1) is 23.1. The lowest BCUT2D eigenvalue weighted by atomic mass is 9.51. The van der Waals surface area contributed by atoms with Gasteiger partial charge in [0.25, 0.3) is 0 Å². The Hall–Kier alpha value is -2.30. The van der Waals surface area contributed by atoms with Gasteiger partial charge in [-0.2, -0.15) is 0 Å². The molecule has 1 aromatic carbocycles. The average Bonchev–Trinajstić information content (AvgIpc) is 3.67. The standard InChI is InChI=1S/C31H36O4/c1-30-18-26(19-3-5-20(6-4-19)29(34)21-7-8-21)28-24-12-10-23(33)17-22(24)9-11-25(28)27(30)13-15-31(30,35)14-2-16-32/h2-6,14,17,21,25-27,32,35H,7-13,15-16,18H2,1H3/b14-2-/t25?,26-,27?,30+,31+/m1/s1. The van der Waals surface area contributed by atoms with Crippen molar-refractivity contribution >= 4 is 11.6 Å². The van der Waals surface area contributed by atoms with Gasteiger partial charge < -0.3 is 10.2 Å². The van der Waals surface area contributed by atoms with Crippen LogP contribution in [0, 0.1) is 23.2 Å². The summed E-state index contributed by atoms with van der Waals surface area (Å²) in [6, 6.07) is 8.28. The number of fused-ring (bicyclic) bond motifs is 4. The molecule has 1 aromatic rings. The van der Waals surface area contributed by atoms with Crippen molar-refractivity contribution in [3.63, 3.8) is 0 Å². The molecule has 5 aliphatic rings. The number of hydrogen-bond donors (Lipinski definition) is 2. The van der Waals surface area contributed by atoms with Gasteiger partial charge in [-0.05, 0) is 86.0 Å². The number of benzene rings is 1. The van der Waals surface area contributed by atoms with Crippen molar-refractivity contribution in [1.29, 1.82) is 0 Å². The summed E-state index contributed by atoms with van der Waals surface area (Å²) < 4.78 is 0. The number of carbonyl (C=O) groups is 2. The van der Waals surface area contributed by atoms with Gasteiger partial charge in [0.15, 0.2) is 11.6 Å². The summed E-state index contributed by atoms with van der Waals surface area (Å²) in [5, 5.41) is 21.3. The predicted octanol–water partition coefficient (Wildman–Crippen LogP) is 5.46. The summed E-state index contributed by atoms with van der Waals surface area (Å²) in [4.78, 5) is 24.8. The molecule has 5 atom stereocenters. The number of ketones is 2. The Morgan fingerprint density at radius 2 is 1.86 bits per heavy atom. The summed E-state index contributed by atoms with van der Waals surface area (Å²) >= 11 is 0. The number of Topliss-reactive ketones (excluding diaryl/α,β-unsaturated/α-hetero) is 1. The normalized spacial score (nSPS) is 36.6. The van der Waals surface area contributed by atoms with E-state index < -0.39 is 5.60 Å². The first-order valence-electron chi connectivity index (χ1n) is 13.5. The maximum Gasteiger partial charge on any atom is 0.165 e. The number of aliphatic hydroxyl groups is 2. The Morgan fingerprint density at radius 3 is 2.57 bits per heavy atom. The minimum atomic E-state index is -0.935. The smallest absolute Gasteiger partial charge is 0.165 e. The summed E-state index contributed by atoms with van der Waals surface area (Å²) in [5.41, 5.74) is 4.91. The molecule has 184 valence electrons. The SMILES string of the molecule is C[C@]12C[C@H](c3ccc(C(=O)C4CC4)cc3)C3=C4CCC(=O)C=C4CCC3C1CC[C@@]2(O)/C=C\CO. The van der Waals surface area contributed by atoms with E-state index in [1.165, 1.54) is 22.3 Å². The van der Waals surface area contributed by atoms with Crippen LogP contribution in [0.1, 0.15) is 86.6 Å². The van der Waals surface area contributed by atoms with E-state index in [9.17, 15) is 19.8 Å². The highest BCUT2D eigenvalue weighted by Gasteiger charge is 2.62. The molecule has 2 N–H and O–H groups in total. The molecule has 4 heteroatoms. The van der Waals surface area contributed by atoms with Crippen molar-refractivity contribution in [3.8, 4) is 0 Å². The zero-order valence-electron chi connectivity index (χ0n) is 20.6. The first-order chi connectivity index (χ1) is 16.8. The van der Waals surface area contributed by atoms with E-state index >= 15 is 0 Å². The van der Waals surface area contributed by atoms with Gasteiger partial charge in [0.2, 0.25) is 0 Å². The fourth-order valence-electron chi connectivity index (χ4n) is 7.98. The number of hydrogen-bond acceptors (Lipinski definition) is 4. The average molecular weight is 473 g/mol. The molecular formula is C31H36O4. The molecule has 3 fully saturated rings. The van der Waals surface area contributed by atoms with E-state index in [1.807, 2.05) is 24.3 Å². The summed E-state index contributed by atoms with van der Waals surface area (Å²) in [7, 11) is 0. The number of rotatable bonds is 5. The molecule has 2 unspecified atom stereocenters. The minimum absolute atomic E-state index is 0.0656. The maximum atomic E-state index is 12.6. The first-order valence-corrected chi connectivity index (χ1v) is 13.5. The molecule has 4 nitrogen and oxygen atoms in total. The van der Waals surface area contributed by atoms with Gasteiger partial charge >= 0.3 is 0 Å². The molecule has 0 aromatic heterocycles. The van der Waals surface area contributed by atoms with Gasteiger partial charge in [0, 0.05) is 29.2 Å². The Labute approximate surface area is 207 Å². The maximum absolute atomic E-state index is 12.6. The van der Waals surface area contributed by atoms with Crippen LogP contribution in [0.25, 0.3) is 0 Å². The molecule has 0 radical (unpaired) electrons. The van der Waals surface area contributed by atoms with Crippen molar-refractivity contribution in [2.45, 2.75) is 76.2 Å². The Bertz CT molecular complexity index is 1150. The lowest BCUT2D eigenvalue weighted by Crippen LogP contribution is -2.50. The van der Waals surface area contributed by atoms with Crippen LogP contribution in [0.15, 0.2) is 59.2 Å². The third-order valence-corrected chi connectivity index (χ3v) is 9.99. The van der Waals surface area contributed by atoms with Gasteiger partial charge in [-0.3, -0.25) is 9.59 Å². The van der Waals surface area contributed by atoms with Crippen molar-refractivity contribution in [1.82, 2.24) is 0 Å². The van der Waals surface area contributed by atoms with Gasteiger partial charge in [0.05, 0.1) is 12.2 Å². The molecule has 0 spiro atoms. The number of carbonyl (C=O) groups excluding carboxylic acids is 2. The summed E-state index contributed by atoms with van der Waals surface area (Å²) in [6.45, 7) is 2.19. The van der Waals surface area contributed by atoms with E-state index in [4.69, 9.17) is 0 Å². The Morgan fingerprint density at radius 1 is 1.09 bits per heavy atom. The van der Waals surface area contributed by atoms with Gasteiger partial charge in [0.1, 0.15) is 0 Å². The Balaban J connectivity index is 1.45. The van der Waals surface area contributed by atoms with Crippen molar-refractivity contribution in [2.75, 3.05) is 6.61 Å².